The van der Waals surface area contributed by atoms with Gasteiger partial charge in [0.2, 0.25) is 0 Å². The highest BCUT2D eigenvalue weighted by atomic mass is 19.2. The predicted molar refractivity (Wildman–Crippen MR) is 143 cm³/mol. The molecule has 4 aromatic rings. The predicted octanol–water partition coefficient (Wildman–Crippen LogP) is 8.92. The molecule has 0 fully saturated rings. The van der Waals surface area contributed by atoms with Gasteiger partial charge in [-0.15, -0.1) is 0 Å². The van der Waals surface area contributed by atoms with E-state index in [0.29, 0.717) is 29.0 Å². The molecule has 0 N–H and O–H groups in total. The smallest absolute Gasteiger partial charge is 0.346 e. The van der Waals surface area contributed by atoms with Crippen LogP contribution in [0.3, 0.4) is 0 Å². The van der Waals surface area contributed by atoms with Crippen LogP contribution in [0.5, 0.6) is 11.5 Å². The molecule has 3 nitrogen and oxygen atoms in total. The summed E-state index contributed by atoms with van der Waals surface area (Å²) in [6, 6.07) is 20.3. The molecule has 196 valence electrons. The zero-order chi connectivity index (χ0) is 27.1. The Morgan fingerprint density at radius 1 is 0.711 bits per heavy atom. The van der Waals surface area contributed by atoms with Gasteiger partial charge in [0.25, 0.3) is 0 Å². The number of hydrogen-bond acceptors (Lipinski definition) is 3. The van der Waals surface area contributed by atoms with Gasteiger partial charge in [-0.3, -0.25) is 0 Å². The molecule has 0 heterocycles. The summed E-state index contributed by atoms with van der Waals surface area (Å²) in [6.45, 7) is 4.57. The van der Waals surface area contributed by atoms with Gasteiger partial charge in [0.1, 0.15) is 17.3 Å². The van der Waals surface area contributed by atoms with Crippen molar-refractivity contribution in [3.63, 3.8) is 0 Å². The van der Waals surface area contributed by atoms with E-state index in [2.05, 4.69) is 6.92 Å². The molecule has 0 saturated heterocycles. The van der Waals surface area contributed by atoms with Crippen molar-refractivity contribution in [1.29, 1.82) is 0 Å². The number of hydrogen-bond donors (Lipinski definition) is 0. The van der Waals surface area contributed by atoms with Crippen LogP contribution < -0.4 is 9.47 Å². The molecule has 38 heavy (non-hydrogen) atoms. The average Bonchev–Trinajstić information content (AvgIpc) is 2.91. The normalized spacial score (nSPS) is 10.9. The summed E-state index contributed by atoms with van der Waals surface area (Å²) in [4.78, 5) is 12.6. The lowest BCUT2D eigenvalue weighted by molar-refractivity contribution is 0.0728. The summed E-state index contributed by atoms with van der Waals surface area (Å²) in [5.41, 5.74) is 1.96. The molecule has 4 aromatic carbocycles. The molecule has 0 saturated carbocycles. The van der Waals surface area contributed by atoms with E-state index in [1.807, 2.05) is 6.92 Å². The molecule has 0 spiro atoms. The second-order valence-electron chi connectivity index (χ2n) is 9.12. The van der Waals surface area contributed by atoms with Gasteiger partial charge >= 0.3 is 5.97 Å². The van der Waals surface area contributed by atoms with Crippen LogP contribution in [0.1, 0.15) is 48.5 Å². The number of carbonyl (C=O) groups excluding carboxylic acids is 1. The Morgan fingerprint density at radius 3 is 2.03 bits per heavy atom. The van der Waals surface area contributed by atoms with Gasteiger partial charge in [0.05, 0.1) is 12.2 Å². The van der Waals surface area contributed by atoms with E-state index >= 15 is 0 Å². The first-order valence-corrected chi connectivity index (χ1v) is 12.7. The third kappa shape index (κ3) is 6.43. The minimum Gasteiger partial charge on any atom is -0.493 e. The first-order chi connectivity index (χ1) is 18.4. The quantitative estimate of drug-likeness (QED) is 0.119. The summed E-state index contributed by atoms with van der Waals surface area (Å²) in [5, 5.41) is 0. The molecule has 0 radical (unpaired) electrons. The summed E-state index contributed by atoms with van der Waals surface area (Å²) < 4.78 is 55.1. The first kappa shape index (κ1) is 27.0. The van der Waals surface area contributed by atoms with Crippen LogP contribution in [0.15, 0.2) is 78.9 Å². The van der Waals surface area contributed by atoms with E-state index in [4.69, 9.17) is 9.47 Å². The van der Waals surface area contributed by atoms with Crippen LogP contribution in [-0.2, 0) is 0 Å². The van der Waals surface area contributed by atoms with E-state index in [1.54, 1.807) is 48.5 Å². The van der Waals surface area contributed by atoms with Crippen LogP contribution in [0.4, 0.5) is 13.2 Å². The summed E-state index contributed by atoms with van der Waals surface area (Å²) in [7, 11) is 0. The lowest BCUT2D eigenvalue weighted by Gasteiger charge is -2.11. The van der Waals surface area contributed by atoms with Crippen molar-refractivity contribution in [2.75, 3.05) is 6.61 Å². The Kier molecular flexibility index (Phi) is 8.85. The molecular formula is C32H29F3O3. The minimum absolute atomic E-state index is 0.0540. The van der Waals surface area contributed by atoms with E-state index in [0.717, 1.165) is 31.2 Å². The second-order valence-corrected chi connectivity index (χ2v) is 9.12. The van der Waals surface area contributed by atoms with E-state index in [9.17, 15) is 18.0 Å². The van der Waals surface area contributed by atoms with E-state index in [-0.39, 0.29) is 11.3 Å². The van der Waals surface area contributed by atoms with Gasteiger partial charge in [0.15, 0.2) is 11.6 Å². The monoisotopic (exact) mass is 518 g/mol. The molecule has 4 rings (SSSR count). The third-order valence-corrected chi connectivity index (χ3v) is 6.25. The van der Waals surface area contributed by atoms with Gasteiger partial charge in [-0.05, 0) is 54.8 Å². The van der Waals surface area contributed by atoms with Crippen molar-refractivity contribution in [3.05, 3.63) is 107 Å². The third-order valence-electron chi connectivity index (χ3n) is 6.25. The molecule has 0 unspecified atom stereocenters. The van der Waals surface area contributed by atoms with Gasteiger partial charge in [-0.2, -0.15) is 0 Å². The fraction of sp³-hybridized carbons (Fsp3) is 0.219. The van der Waals surface area contributed by atoms with Crippen LogP contribution in [-0.4, -0.2) is 12.6 Å². The molecule has 0 aliphatic rings. The Balaban J connectivity index is 1.42. The van der Waals surface area contributed by atoms with Crippen molar-refractivity contribution in [3.8, 4) is 33.8 Å². The highest BCUT2D eigenvalue weighted by Crippen LogP contribution is 2.30. The van der Waals surface area contributed by atoms with Crippen LogP contribution in [0.2, 0.25) is 0 Å². The van der Waals surface area contributed by atoms with Crippen molar-refractivity contribution in [2.24, 2.45) is 0 Å². The highest BCUT2D eigenvalue weighted by Gasteiger charge is 2.21. The first-order valence-electron chi connectivity index (χ1n) is 12.7. The highest BCUT2D eigenvalue weighted by molar-refractivity contribution is 5.92. The maximum atomic E-state index is 14.7. The summed E-state index contributed by atoms with van der Waals surface area (Å²) >= 11 is 0. The van der Waals surface area contributed by atoms with Crippen molar-refractivity contribution in [2.45, 2.75) is 39.5 Å². The summed E-state index contributed by atoms with van der Waals surface area (Å²) in [6.07, 6.45) is 4.28. The van der Waals surface area contributed by atoms with Gasteiger partial charge in [-0.1, -0.05) is 74.2 Å². The fourth-order valence-corrected chi connectivity index (χ4v) is 4.07. The number of benzene rings is 4. The molecule has 0 amide bonds. The van der Waals surface area contributed by atoms with Gasteiger partial charge in [-0.25, -0.2) is 18.0 Å². The Bertz CT molecular complexity index is 1400. The molecule has 0 aliphatic heterocycles. The van der Waals surface area contributed by atoms with E-state index in [1.165, 1.54) is 30.3 Å². The fourth-order valence-electron chi connectivity index (χ4n) is 4.07. The van der Waals surface area contributed by atoms with Gasteiger partial charge in [0, 0.05) is 17.2 Å². The molecule has 0 bridgehead atoms. The van der Waals surface area contributed by atoms with Gasteiger partial charge < -0.3 is 9.47 Å². The second kappa shape index (κ2) is 12.5. The van der Waals surface area contributed by atoms with Crippen molar-refractivity contribution in [1.82, 2.24) is 0 Å². The van der Waals surface area contributed by atoms with Crippen LogP contribution in [0.25, 0.3) is 22.3 Å². The molecular weight excluding hydrogens is 489 g/mol. The SMILES string of the molecule is CCCCCCOc1ccc(-c2ccc(OC(=O)c3ccc(-c4ccc(C)cc4)c(F)c3F)cc2)c(F)c1. The standard InChI is InChI=1S/C32H29F3O3/c1-3-4-5-6-19-37-25-15-16-26(29(33)20-25)22-11-13-24(14-12-22)38-32(36)28-18-17-27(30(34)31(28)35)23-9-7-21(2)8-10-23/h7-18,20H,3-6,19H2,1-2H3. The largest absolute Gasteiger partial charge is 0.493 e. The van der Waals surface area contributed by atoms with E-state index < -0.39 is 29.0 Å². The Hall–Kier alpha value is -4.06. The molecule has 0 atom stereocenters. The Labute approximate surface area is 220 Å². The molecule has 0 aliphatic carbocycles. The topological polar surface area (TPSA) is 35.5 Å². The minimum atomic E-state index is -1.28. The maximum absolute atomic E-state index is 14.7. The van der Waals surface area contributed by atoms with Crippen molar-refractivity contribution < 1.29 is 27.4 Å². The maximum Gasteiger partial charge on any atom is 0.346 e. The Morgan fingerprint density at radius 2 is 1.34 bits per heavy atom. The number of carbonyl (C=O) groups is 1. The average molecular weight is 519 g/mol. The number of unbranched alkanes of at least 4 members (excludes halogenated alkanes) is 3. The number of halogens is 3. The van der Waals surface area contributed by atoms with Crippen molar-refractivity contribution >= 4 is 5.97 Å². The zero-order valence-corrected chi connectivity index (χ0v) is 21.4. The van der Waals surface area contributed by atoms with Crippen LogP contribution in [0, 0.1) is 24.4 Å². The number of rotatable bonds is 10. The molecule has 0 aromatic heterocycles. The summed E-state index contributed by atoms with van der Waals surface area (Å²) in [5.74, 6) is -3.28. The zero-order valence-electron chi connectivity index (χ0n) is 21.4. The number of aryl methyl sites for hydroxylation is 1. The number of esters is 1. The lowest BCUT2D eigenvalue weighted by atomic mass is 10.0. The number of ether oxygens (including phenoxy) is 2. The lowest BCUT2D eigenvalue weighted by Crippen LogP contribution is -2.12. The molecule has 6 heteroatoms. The van der Waals surface area contributed by atoms with Crippen LogP contribution >= 0.6 is 0 Å².